The van der Waals surface area contributed by atoms with Gasteiger partial charge in [-0.25, -0.2) is 0 Å². The minimum absolute atomic E-state index is 0.0463. The van der Waals surface area contributed by atoms with Crippen molar-refractivity contribution in [3.63, 3.8) is 0 Å². The van der Waals surface area contributed by atoms with Crippen molar-refractivity contribution in [2.45, 2.75) is 51.2 Å². The molecule has 3 atom stereocenters. The lowest BCUT2D eigenvalue weighted by Crippen LogP contribution is -2.66. The molecule has 0 radical (unpaired) electrons. The van der Waals surface area contributed by atoms with E-state index in [9.17, 15) is 34.8 Å². The fraction of sp³-hybridized carbons (Fsp3) is 0.423. The molecule has 0 aliphatic heterocycles. The maximum atomic E-state index is 13.8. The third-order valence-electron chi connectivity index (χ3n) is 7.45. The first-order chi connectivity index (χ1) is 16.1. The van der Waals surface area contributed by atoms with Crippen LogP contribution in [0.2, 0.25) is 0 Å². The van der Waals surface area contributed by atoms with Crippen LogP contribution in [-0.2, 0) is 21.4 Å². The summed E-state index contributed by atoms with van der Waals surface area (Å²) in [5.41, 5.74) is 2.53. The number of carbonyl (C=O) groups excluding carboxylic acids is 3. The average Bonchev–Trinajstić information content (AvgIpc) is 2.72. The smallest absolute Gasteiger partial charge is 0.255 e. The number of hydrogen-bond donors (Lipinski definition) is 5. The van der Waals surface area contributed by atoms with E-state index >= 15 is 0 Å². The Morgan fingerprint density at radius 3 is 2.20 bits per heavy atom. The zero-order valence-corrected chi connectivity index (χ0v) is 20.6. The Morgan fingerprint density at radius 2 is 1.69 bits per heavy atom. The number of likely N-dealkylation sites (N-methyl/N-ethyl adjacent to an activating group) is 1. The summed E-state index contributed by atoms with van der Waals surface area (Å²) in [5, 5.41) is 45.3. The lowest BCUT2D eigenvalue weighted by molar-refractivity contribution is -0.140. The van der Waals surface area contributed by atoms with Gasteiger partial charge >= 0.3 is 0 Å². The highest BCUT2D eigenvalue weighted by atomic mass is 16.3. The van der Waals surface area contributed by atoms with E-state index in [0.29, 0.717) is 22.1 Å². The molecule has 0 fully saturated rings. The number of phenolic OH excluding ortho intramolecular Hbond substituents is 2. The third kappa shape index (κ3) is 3.11. The molecule has 2 aromatic rings. The number of amides is 1. The Hall–Kier alpha value is -3.43. The van der Waals surface area contributed by atoms with Crippen molar-refractivity contribution in [3.05, 3.63) is 45.7 Å². The molecule has 1 amide bonds. The number of aliphatic hydroxyl groups excluding tert-OH is 1. The number of benzene rings is 2. The highest BCUT2D eigenvalue weighted by molar-refractivity contribution is 6.33. The predicted molar refractivity (Wildman–Crippen MR) is 129 cm³/mol. The maximum absolute atomic E-state index is 13.8. The summed E-state index contributed by atoms with van der Waals surface area (Å²) in [6.45, 7) is 7.40. The lowest BCUT2D eigenvalue weighted by Gasteiger charge is -2.47. The molecule has 35 heavy (non-hydrogen) atoms. The van der Waals surface area contributed by atoms with Crippen molar-refractivity contribution in [2.75, 3.05) is 14.1 Å². The van der Waals surface area contributed by atoms with Crippen LogP contribution >= 0.6 is 0 Å². The number of nitrogens with zero attached hydrogens (tertiary/aromatic N) is 1. The van der Waals surface area contributed by atoms with Crippen molar-refractivity contribution in [1.82, 2.24) is 4.90 Å². The first-order valence-corrected chi connectivity index (χ1v) is 11.3. The molecule has 186 valence electrons. The minimum atomic E-state index is -2.74. The van der Waals surface area contributed by atoms with Crippen LogP contribution in [0.15, 0.2) is 23.5 Å². The van der Waals surface area contributed by atoms with Gasteiger partial charge in [0.25, 0.3) is 5.91 Å². The van der Waals surface area contributed by atoms with Crippen molar-refractivity contribution < 1.29 is 34.8 Å². The summed E-state index contributed by atoms with van der Waals surface area (Å²) in [5.74, 6) is -6.16. The topological polar surface area (TPSA) is 161 Å². The van der Waals surface area contributed by atoms with E-state index in [1.54, 1.807) is 33.2 Å². The third-order valence-corrected chi connectivity index (χ3v) is 7.45. The molecule has 0 bridgehead atoms. The van der Waals surface area contributed by atoms with Crippen LogP contribution in [0.4, 0.5) is 0 Å². The molecule has 0 spiro atoms. The molecule has 0 heterocycles. The predicted octanol–water partition coefficient (Wildman–Crippen LogP) is 1.75. The van der Waals surface area contributed by atoms with Crippen LogP contribution in [0.25, 0.3) is 10.8 Å². The molecule has 9 nitrogen and oxygen atoms in total. The Balaban J connectivity index is 2.09. The monoisotopic (exact) mass is 482 g/mol. The molecule has 2 aliphatic carbocycles. The molecular formula is C26H30N2O7. The van der Waals surface area contributed by atoms with Crippen molar-refractivity contribution in [2.24, 2.45) is 11.7 Å². The van der Waals surface area contributed by atoms with Crippen LogP contribution in [0, 0.1) is 12.8 Å². The van der Waals surface area contributed by atoms with Crippen molar-refractivity contribution >= 4 is 28.2 Å². The van der Waals surface area contributed by atoms with E-state index in [-0.39, 0.29) is 23.1 Å². The Morgan fingerprint density at radius 1 is 1.09 bits per heavy atom. The van der Waals surface area contributed by atoms with Crippen LogP contribution in [0.3, 0.4) is 0 Å². The van der Waals surface area contributed by atoms with Gasteiger partial charge in [0, 0.05) is 11.5 Å². The fourth-order valence-corrected chi connectivity index (χ4v) is 5.69. The number of primary amides is 1. The summed E-state index contributed by atoms with van der Waals surface area (Å²) in [7, 11) is 3.15. The number of hydrogen-bond acceptors (Lipinski definition) is 8. The fourth-order valence-electron chi connectivity index (χ4n) is 5.69. The molecular weight excluding hydrogens is 452 g/mol. The van der Waals surface area contributed by atoms with Crippen LogP contribution < -0.4 is 5.73 Å². The highest BCUT2D eigenvalue weighted by Gasteiger charge is 2.63. The first kappa shape index (κ1) is 24.7. The first-order valence-electron chi connectivity index (χ1n) is 11.3. The summed E-state index contributed by atoms with van der Waals surface area (Å²) in [4.78, 5) is 40.7. The van der Waals surface area contributed by atoms with Crippen LogP contribution in [0.1, 0.15) is 47.8 Å². The van der Waals surface area contributed by atoms with Gasteiger partial charge in [-0.1, -0.05) is 32.9 Å². The molecule has 0 aromatic heterocycles. The van der Waals surface area contributed by atoms with Crippen LogP contribution in [-0.4, -0.2) is 68.5 Å². The van der Waals surface area contributed by atoms with E-state index in [1.807, 2.05) is 20.8 Å². The minimum Gasteiger partial charge on any atom is -0.510 e. The number of aliphatic hydroxyl groups is 2. The molecule has 2 aliphatic rings. The molecule has 4 rings (SSSR count). The largest absolute Gasteiger partial charge is 0.510 e. The van der Waals surface area contributed by atoms with Crippen molar-refractivity contribution in [3.8, 4) is 11.5 Å². The summed E-state index contributed by atoms with van der Waals surface area (Å²) >= 11 is 0. The Labute approximate surface area is 202 Å². The Kier molecular flexibility index (Phi) is 5.31. The Bertz CT molecular complexity index is 1370. The quantitative estimate of drug-likeness (QED) is 0.319. The summed E-state index contributed by atoms with van der Waals surface area (Å²) in [6, 6.07) is 2.46. The van der Waals surface area contributed by atoms with Gasteiger partial charge in [-0.05, 0) is 49.4 Å². The SMILES string of the molecule is Cc1c2c(c(O)c3c(O)c(C(C)(C)C)ccc13)C(=O)[C@]1(O)C(=O)C(C(N)=O)=C(O)[C@@H](N(C)C)[C@@H]1C2. The van der Waals surface area contributed by atoms with Gasteiger partial charge in [-0.3, -0.25) is 19.3 Å². The second-order valence-corrected chi connectivity index (χ2v) is 10.7. The summed E-state index contributed by atoms with van der Waals surface area (Å²) in [6.07, 6.45) is -0.0562. The maximum Gasteiger partial charge on any atom is 0.255 e. The van der Waals surface area contributed by atoms with Gasteiger partial charge in [0.2, 0.25) is 11.6 Å². The number of ketones is 2. The zero-order chi connectivity index (χ0) is 26.4. The van der Waals surface area contributed by atoms with E-state index in [1.165, 1.54) is 4.90 Å². The summed E-state index contributed by atoms with van der Waals surface area (Å²) < 4.78 is 0. The van der Waals surface area contributed by atoms with Gasteiger partial charge in [0.1, 0.15) is 22.8 Å². The van der Waals surface area contributed by atoms with E-state index < -0.39 is 57.5 Å². The number of nitrogens with two attached hydrogens (primary N) is 1. The molecule has 9 heteroatoms. The van der Waals surface area contributed by atoms with E-state index in [2.05, 4.69) is 0 Å². The second kappa shape index (κ2) is 7.53. The lowest BCUT2D eigenvalue weighted by atomic mass is 9.60. The number of fused-ring (bicyclic) bond motifs is 3. The zero-order valence-electron chi connectivity index (χ0n) is 20.6. The standard InChI is InChI=1S/C26H30N2O7/c1-10-11-7-8-13(25(2,3)4)19(29)15(11)20(30)16-12(10)9-14-18(28(5)6)21(31)17(24(27)34)23(33)26(14,35)22(16)32/h7-8,14,18,29-31,35H,9H2,1-6H3,(H2,27,34)/t14-,18-,26-/m0/s1. The molecule has 0 saturated heterocycles. The average molecular weight is 483 g/mol. The number of rotatable bonds is 2. The van der Waals surface area contributed by atoms with Gasteiger partial charge in [-0.15, -0.1) is 0 Å². The van der Waals surface area contributed by atoms with E-state index in [0.717, 1.165) is 0 Å². The number of aromatic hydroxyl groups is 2. The van der Waals surface area contributed by atoms with E-state index in [4.69, 9.17) is 5.73 Å². The number of phenols is 2. The molecule has 0 unspecified atom stereocenters. The number of Topliss-reactive ketones (excluding diaryl/α,β-unsaturated/α-hetero) is 2. The van der Waals surface area contributed by atoms with Gasteiger partial charge in [0.05, 0.1) is 17.0 Å². The van der Waals surface area contributed by atoms with Crippen molar-refractivity contribution in [1.29, 1.82) is 0 Å². The number of carbonyl (C=O) groups is 3. The van der Waals surface area contributed by atoms with Gasteiger partial charge in [0.15, 0.2) is 5.60 Å². The van der Waals surface area contributed by atoms with Gasteiger partial charge in [-0.2, -0.15) is 0 Å². The molecule has 0 saturated carbocycles. The van der Waals surface area contributed by atoms with Gasteiger partial charge < -0.3 is 26.2 Å². The second-order valence-electron chi connectivity index (χ2n) is 10.7. The molecule has 2 aromatic carbocycles. The van der Waals surface area contributed by atoms with Crippen LogP contribution in [0.5, 0.6) is 11.5 Å². The highest BCUT2D eigenvalue weighted by Crippen LogP contribution is 2.51. The number of aryl methyl sites for hydroxylation is 1. The molecule has 6 N–H and O–H groups in total. The normalized spacial score (nSPS) is 24.7.